The summed E-state index contributed by atoms with van der Waals surface area (Å²) in [5.74, 6) is 0.873. The van der Waals surface area contributed by atoms with Crippen LogP contribution < -0.4 is 10.1 Å². The molecule has 0 amide bonds. The van der Waals surface area contributed by atoms with Gasteiger partial charge in [0.2, 0.25) is 0 Å². The van der Waals surface area contributed by atoms with Crippen LogP contribution >= 0.6 is 15.9 Å². The van der Waals surface area contributed by atoms with E-state index in [0.717, 1.165) is 16.8 Å². The van der Waals surface area contributed by atoms with Gasteiger partial charge in [0.15, 0.2) is 0 Å². The van der Waals surface area contributed by atoms with Crippen LogP contribution in [0.2, 0.25) is 0 Å². The Kier molecular flexibility index (Phi) is 4.70. The minimum absolute atomic E-state index is 0.503. The van der Waals surface area contributed by atoms with Gasteiger partial charge in [-0.2, -0.15) is 0 Å². The van der Waals surface area contributed by atoms with E-state index in [-0.39, 0.29) is 0 Å². The van der Waals surface area contributed by atoms with Crippen LogP contribution in [0.5, 0.6) is 5.75 Å². The Morgan fingerprint density at radius 1 is 1.57 bits per heavy atom. The first kappa shape index (κ1) is 11.3. The molecule has 76 valence electrons. The summed E-state index contributed by atoms with van der Waals surface area (Å²) in [7, 11) is 1.92. The van der Waals surface area contributed by atoms with Crippen LogP contribution in [0.1, 0.15) is 5.56 Å². The molecule has 0 saturated heterocycles. The van der Waals surface area contributed by atoms with Gasteiger partial charge in [-0.05, 0) is 24.7 Å². The predicted octanol–water partition coefficient (Wildman–Crippen LogP) is 2.69. The number of halogens is 1. The molecule has 0 heterocycles. The fraction of sp³-hybridized carbons (Fsp3) is 0.273. The van der Waals surface area contributed by atoms with Crippen molar-refractivity contribution in [1.82, 2.24) is 5.32 Å². The third kappa shape index (κ3) is 3.94. The highest BCUT2D eigenvalue weighted by atomic mass is 79.9. The molecule has 0 aromatic heterocycles. The maximum Gasteiger partial charge on any atom is 0.120 e. The lowest BCUT2D eigenvalue weighted by Crippen LogP contribution is -2.05. The molecule has 0 saturated carbocycles. The molecule has 1 N–H and O–H groups in total. The number of nitrogens with one attached hydrogen (secondary N) is 1. The van der Waals surface area contributed by atoms with Crippen molar-refractivity contribution in [2.45, 2.75) is 6.54 Å². The lowest BCUT2D eigenvalue weighted by atomic mass is 10.2. The minimum atomic E-state index is 0.503. The molecule has 2 nitrogen and oxygen atoms in total. The molecule has 0 radical (unpaired) electrons. The summed E-state index contributed by atoms with van der Waals surface area (Å²) >= 11 is 3.25. The first-order chi connectivity index (χ1) is 6.72. The summed E-state index contributed by atoms with van der Waals surface area (Å²) in [6, 6.07) is 8.01. The molecule has 0 atom stereocenters. The lowest BCUT2D eigenvalue weighted by Gasteiger charge is -2.06. The third-order valence-electron chi connectivity index (χ3n) is 1.67. The summed E-state index contributed by atoms with van der Waals surface area (Å²) in [6.07, 6.45) is 0. The van der Waals surface area contributed by atoms with E-state index in [0.29, 0.717) is 6.61 Å². The number of hydrogen-bond acceptors (Lipinski definition) is 2. The largest absolute Gasteiger partial charge is 0.488 e. The van der Waals surface area contributed by atoms with Crippen LogP contribution in [0.3, 0.4) is 0 Å². The Balaban J connectivity index is 2.58. The normalized spacial score (nSPS) is 9.86. The molecule has 1 aromatic carbocycles. The Bertz CT molecular complexity index is 312. The predicted molar refractivity (Wildman–Crippen MR) is 62.8 cm³/mol. The van der Waals surface area contributed by atoms with Gasteiger partial charge < -0.3 is 10.1 Å². The molecule has 0 spiro atoms. The lowest BCUT2D eigenvalue weighted by molar-refractivity contribution is 0.360. The first-order valence-electron chi connectivity index (χ1n) is 4.42. The highest BCUT2D eigenvalue weighted by Gasteiger charge is 1.96. The smallest absolute Gasteiger partial charge is 0.120 e. The van der Waals surface area contributed by atoms with Gasteiger partial charge in [-0.15, -0.1) is 0 Å². The van der Waals surface area contributed by atoms with Crippen LogP contribution in [0.15, 0.2) is 35.3 Å². The van der Waals surface area contributed by atoms with Gasteiger partial charge in [0.1, 0.15) is 12.4 Å². The molecule has 0 aliphatic carbocycles. The molecule has 0 fully saturated rings. The van der Waals surface area contributed by atoms with E-state index in [9.17, 15) is 0 Å². The minimum Gasteiger partial charge on any atom is -0.488 e. The van der Waals surface area contributed by atoms with Crippen LogP contribution in [0.25, 0.3) is 0 Å². The fourth-order valence-electron chi connectivity index (χ4n) is 1.11. The van der Waals surface area contributed by atoms with Crippen molar-refractivity contribution in [2.75, 3.05) is 13.7 Å². The van der Waals surface area contributed by atoms with Gasteiger partial charge >= 0.3 is 0 Å². The van der Waals surface area contributed by atoms with Crippen LogP contribution in [0.4, 0.5) is 0 Å². The quantitative estimate of drug-likeness (QED) is 0.874. The molecule has 1 aromatic rings. The average Bonchev–Trinajstić information content (AvgIpc) is 2.16. The molecule has 0 unspecified atom stereocenters. The fourth-order valence-corrected chi connectivity index (χ4v) is 1.23. The van der Waals surface area contributed by atoms with Crippen molar-refractivity contribution in [3.8, 4) is 5.75 Å². The van der Waals surface area contributed by atoms with Crippen molar-refractivity contribution >= 4 is 15.9 Å². The van der Waals surface area contributed by atoms with Gasteiger partial charge in [-0.25, -0.2) is 0 Å². The summed E-state index contributed by atoms with van der Waals surface area (Å²) in [5, 5.41) is 3.09. The van der Waals surface area contributed by atoms with Crippen molar-refractivity contribution in [1.29, 1.82) is 0 Å². The summed E-state index contributed by atoms with van der Waals surface area (Å²) in [5.41, 5.74) is 1.21. The van der Waals surface area contributed by atoms with Crippen LogP contribution in [-0.2, 0) is 6.54 Å². The molecular formula is C11H14BrNO. The topological polar surface area (TPSA) is 21.3 Å². The van der Waals surface area contributed by atoms with Crippen LogP contribution in [-0.4, -0.2) is 13.7 Å². The summed E-state index contributed by atoms with van der Waals surface area (Å²) in [4.78, 5) is 0. The molecule has 14 heavy (non-hydrogen) atoms. The second-order valence-corrected chi connectivity index (χ2v) is 4.11. The highest BCUT2D eigenvalue weighted by molar-refractivity contribution is 9.11. The van der Waals surface area contributed by atoms with Gasteiger partial charge in [0.25, 0.3) is 0 Å². The maximum absolute atomic E-state index is 5.48. The first-order valence-corrected chi connectivity index (χ1v) is 5.21. The second kappa shape index (κ2) is 5.83. The third-order valence-corrected chi connectivity index (χ3v) is 1.90. The number of ether oxygens (including phenoxy) is 1. The maximum atomic E-state index is 5.48. The molecule has 0 aliphatic rings. The molecule has 0 aliphatic heterocycles. The number of rotatable bonds is 5. The standard InChI is InChI=1S/C11H14BrNO/c1-9(12)8-14-11-5-3-4-10(6-11)7-13-2/h3-6,13H,1,7-8H2,2H3. The van der Waals surface area contributed by atoms with Crippen molar-refractivity contribution in [3.63, 3.8) is 0 Å². The van der Waals surface area contributed by atoms with Gasteiger partial charge in [0, 0.05) is 11.0 Å². The average molecular weight is 256 g/mol. The van der Waals surface area contributed by atoms with E-state index in [1.165, 1.54) is 5.56 Å². The summed E-state index contributed by atoms with van der Waals surface area (Å²) in [6.45, 7) is 5.06. The number of benzene rings is 1. The van der Waals surface area contributed by atoms with E-state index < -0.39 is 0 Å². The molecule has 0 bridgehead atoms. The van der Waals surface area contributed by atoms with Crippen LogP contribution in [0, 0.1) is 0 Å². The zero-order valence-electron chi connectivity index (χ0n) is 8.22. The van der Waals surface area contributed by atoms with E-state index in [1.807, 2.05) is 25.2 Å². The second-order valence-electron chi connectivity index (χ2n) is 2.98. The van der Waals surface area contributed by atoms with Crippen molar-refractivity contribution < 1.29 is 4.74 Å². The summed E-state index contributed by atoms with van der Waals surface area (Å²) < 4.78 is 6.32. The number of hydrogen-bond donors (Lipinski definition) is 1. The van der Waals surface area contributed by atoms with E-state index >= 15 is 0 Å². The highest BCUT2D eigenvalue weighted by Crippen LogP contribution is 2.14. The molecule has 3 heteroatoms. The Hall–Kier alpha value is -0.800. The van der Waals surface area contributed by atoms with E-state index in [2.05, 4.69) is 33.9 Å². The van der Waals surface area contributed by atoms with Gasteiger partial charge in [-0.3, -0.25) is 0 Å². The zero-order valence-corrected chi connectivity index (χ0v) is 9.80. The molecule has 1 rings (SSSR count). The molecular weight excluding hydrogens is 242 g/mol. The van der Waals surface area contributed by atoms with Crippen molar-refractivity contribution in [2.24, 2.45) is 0 Å². The Morgan fingerprint density at radius 2 is 2.36 bits per heavy atom. The monoisotopic (exact) mass is 255 g/mol. The van der Waals surface area contributed by atoms with E-state index in [4.69, 9.17) is 4.74 Å². The Morgan fingerprint density at radius 3 is 3.00 bits per heavy atom. The van der Waals surface area contributed by atoms with Crippen molar-refractivity contribution in [3.05, 3.63) is 40.9 Å². The van der Waals surface area contributed by atoms with Gasteiger partial charge in [0.05, 0.1) is 0 Å². The van der Waals surface area contributed by atoms with Gasteiger partial charge in [-0.1, -0.05) is 34.6 Å². The zero-order chi connectivity index (χ0) is 10.4. The van der Waals surface area contributed by atoms with E-state index in [1.54, 1.807) is 0 Å². The SMILES string of the molecule is C=C(Br)COc1cccc(CNC)c1. The Labute approximate surface area is 93.1 Å².